The second kappa shape index (κ2) is 7.16. The van der Waals surface area contributed by atoms with Crippen molar-refractivity contribution in [2.45, 2.75) is 38.6 Å². The summed E-state index contributed by atoms with van der Waals surface area (Å²) in [7, 11) is 0. The summed E-state index contributed by atoms with van der Waals surface area (Å²) in [5, 5.41) is 3.17. The summed E-state index contributed by atoms with van der Waals surface area (Å²) in [5.74, 6) is 3.33. The van der Waals surface area contributed by atoms with E-state index in [0.717, 1.165) is 42.9 Å². The number of rotatable bonds is 5. The molecule has 5 rings (SSSR count). The maximum absolute atomic E-state index is 12.8. The molecular formula is C22H30N4O2. The zero-order valence-corrected chi connectivity index (χ0v) is 16.8. The summed E-state index contributed by atoms with van der Waals surface area (Å²) in [4.78, 5) is 20.2. The number of hydrogen-bond acceptors (Lipinski definition) is 4. The number of imidazole rings is 1. The molecule has 2 saturated heterocycles. The SMILES string of the molecule is CC(C)c1nc(C(=O)NCC2[C@H]3CN(C4CCOCC4)C[C@@H]23)c2ccccn12. The Hall–Kier alpha value is -1.92. The van der Waals surface area contributed by atoms with Crippen molar-refractivity contribution in [3.63, 3.8) is 0 Å². The molecule has 1 N–H and O–H groups in total. The molecule has 0 aromatic carbocycles. The number of nitrogens with one attached hydrogen (secondary N) is 1. The van der Waals surface area contributed by atoms with E-state index in [9.17, 15) is 4.79 Å². The number of ether oxygens (including phenoxy) is 1. The van der Waals surface area contributed by atoms with Gasteiger partial charge in [-0.25, -0.2) is 4.98 Å². The highest BCUT2D eigenvalue weighted by Crippen LogP contribution is 2.52. The van der Waals surface area contributed by atoms with E-state index in [4.69, 9.17) is 4.74 Å². The van der Waals surface area contributed by atoms with Gasteiger partial charge in [-0.1, -0.05) is 19.9 Å². The Morgan fingerprint density at radius 1 is 1.25 bits per heavy atom. The molecule has 2 aromatic rings. The molecule has 1 aliphatic carbocycles. The number of amides is 1. The fourth-order valence-corrected chi connectivity index (χ4v) is 5.26. The van der Waals surface area contributed by atoms with Crippen LogP contribution in [0.3, 0.4) is 0 Å². The van der Waals surface area contributed by atoms with Gasteiger partial charge < -0.3 is 14.5 Å². The van der Waals surface area contributed by atoms with Crippen LogP contribution >= 0.6 is 0 Å². The number of hydrogen-bond donors (Lipinski definition) is 1. The van der Waals surface area contributed by atoms with Crippen LogP contribution in [0.4, 0.5) is 0 Å². The van der Waals surface area contributed by atoms with Crippen LogP contribution in [0.2, 0.25) is 0 Å². The van der Waals surface area contributed by atoms with E-state index in [1.165, 1.54) is 25.9 Å². The second-order valence-corrected chi connectivity index (χ2v) is 8.93. The van der Waals surface area contributed by atoms with E-state index < -0.39 is 0 Å². The molecule has 6 nitrogen and oxygen atoms in total. The van der Waals surface area contributed by atoms with Crippen LogP contribution in [0.1, 0.15) is 48.9 Å². The first kappa shape index (κ1) is 18.1. The van der Waals surface area contributed by atoms with Crippen molar-refractivity contribution in [2.75, 3.05) is 32.8 Å². The van der Waals surface area contributed by atoms with Crippen LogP contribution in [-0.2, 0) is 4.74 Å². The smallest absolute Gasteiger partial charge is 0.272 e. The molecule has 1 unspecified atom stereocenters. The van der Waals surface area contributed by atoms with E-state index in [0.29, 0.717) is 17.7 Å². The molecule has 0 bridgehead atoms. The minimum Gasteiger partial charge on any atom is -0.381 e. The number of carbonyl (C=O) groups is 1. The van der Waals surface area contributed by atoms with Crippen LogP contribution in [0.15, 0.2) is 24.4 Å². The monoisotopic (exact) mass is 382 g/mol. The minimum absolute atomic E-state index is 0.0399. The van der Waals surface area contributed by atoms with Crippen LogP contribution in [-0.4, -0.2) is 59.1 Å². The summed E-state index contributed by atoms with van der Waals surface area (Å²) >= 11 is 0. The zero-order chi connectivity index (χ0) is 19.3. The normalized spacial score (nSPS) is 28.0. The van der Waals surface area contributed by atoms with Crippen LogP contribution in [0, 0.1) is 17.8 Å². The van der Waals surface area contributed by atoms with Gasteiger partial charge in [0.25, 0.3) is 5.91 Å². The van der Waals surface area contributed by atoms with Crippen molar-refractivity contribution in [1.82, 2.24) is 19.6 Å². The van der Waals surface area contributed by atoms with E-state index >= 15 is 0 Å². The molecule has 2 aromatic heterocycles. The molecule has 2 aliphatic heterocycles. The maximum atomic E-state index is 12.8. The lowest BCUT2D eigenvalue weighted by Crippen LogP contribution is -2.40. The van der Waals surface area contributed by atoms with Gasteiger partial charge in [-0.3, -0.25) is 9.69 Å². The predicted octanol–water partition coefficient (Wildman–Crippen LogP) is 2.54. The first-order valence-corrected chi connectivity index (χ1v) is 10.7. The fourth-order valence-electron chi connectivity index (χ4n) is 5.26. The lowest BCUT2D eigenvalue weighted by atomic mass is 10.1. The van der Waals surface area contributed by atoms with Gasteiger partial charge in [-0.05, 0) is 42.7 Å². The first-order chi connectivity index (χ1) is 13.6. The van der Waals surface area contributed by atoms with E-state index in [2.05, 4.69) is 29.0 Å². The molecule has 3 aliphatic rings. The van der Waals surface area contributed by atoms with Gasteiger partial charge >= 0.3 is 0 Å². The average Bonchev–Trinajstić information content (AvgIpc) is 3.07. The fraction of sp³-hybridized carbons (Fsp3) is 0.636. The topological polar surface area (TPSA) is 58.9 Å². The number of nitrogens with zero attached hydrogens (tertiary/aromatic N) is 3. The van der Waals surface area contributed by atoms with Gasteiger partial charge in [0.2, 0.25) is 0 Å². The highest BCUT2D eigenvalue weighted by molar-refractivity contribution is 5.99. The van der Waals surface area contributed by atoms with E-state index in [1.54, 1.807) is 0 Å². The van der Waals surface area contributed by atoms with Crippen molar-refractivity contribution in [3.05, 3.63) is 35.9 Å². The van der Waals surface area contributed by atoms with Crippen molar-refractivity contribution in [3.8, 4) is 0 Å². The van der Waals surface area contributed by atoms with Crippen LogP contribution in [0.5, 0.6) is 0 Å². The molecule has 6 heteroatoms. The lowest BCUT2D eigenvalue weighted by molar-refractivity contribution is 0.0368. The number of aromatic nitrogens is 2. The number of piperidine rings is 1. The minimum atomic E-state index is -0.0399. The predicted molar refractivity (Wildman–Crippen MR) is 107 cm³/mol. The van der Waals surface area contributed by atoms with Crippen molar-refractivity contribution in [2.24, 2.45) is 17.8 Å². The zero-order valence-electron chi connectivity index (χ0n) is 16.8. The number of fused-ring (bicyclic) bond motifs is 2. The number of pyridine rings is 1. The highest BCUT2D eigenvalue weighted by atomic mass is 16.5. The first-order valence-electron chi connectivity index (χ1n) is 10.7. The number of likely N-dealkylation sites (tertiary alicyclic amines) is 1. The van der Waals surface area contributed by atoms with Gasteiger partial charge in [-0.2, -0.15) is 0 Å². The van der Waals surface area contributed by atoms with Gasteiger partial charge in [0.1, 0.15) is 5.82 Å². The lowest BCUT2D eigenvalue weighted by Gasteiger charge is -2.32. The molecule has 150 valence electrons. The molecule has 0 radical (unpaired) electrons. The molecule has 28 heavy (non-hydrogen) atoms. The third kappa shape index (κ3) is 3.12. The maximum Gasteiger partial charge on any atom is 0.272 e. The standard InChI is InChI=1S/C22H30N4O2/c1-14(2)21-24-20(19-5-3-4-8-26(19)21)22(27)23-11-16-17-12-25(13-18(16)17)15-6-9-28-10-7-15/h3-5,8,14-18H,6-7,9-13H2,1-2H3,(H,23,27)/t16?,17-,18+. The second-order valence-electron chi connectivity index (χ2n) is 8.93. The molecule has 1 amide bonds. The van der Waals surface area contributed by atoms with Gasteiger partial charge in [0.05, 0.1) is 5.52 Å². The summed E-state index contributed by atoms with van der Waals surface area (Å²) in [5.41, 5.74) is 1.45. The van der Waals surface area contributed by atoms with Crippen molar-refractivity contribution >= 4 is 11.4 Å². The molecule has 1 saturated carbocycles. The Morgan fingerprint density at radius 2 is 2.00 bits per heavy atom. The molecular weight excluding hydrogens is 352 g/mol. The number of carbonyl (C=O) groups excluding carboxylic acids is 1. The van der Waals surface area contributed by atoms with Gasteiger partial charge in [0, 0.05) is 51.0 Å². The van der Waals surface area contributed by atoms with Gasteiger partial charge in [-0.15, -0.1) is 0 Å². The Bertz CT molecular complexity index is 859. The Labute approximate surface area is 166 Å². The summed E-state index contributed by atoms with van der Waals surface area (Å²) < 4.78 is 7.53. The van der Waals surface area contributed by atoms with Gasteiger partial charge in [0.15, 0.2) is 5.69 Å². The third-order valence-corrected chi connectivity index (χ3v) is 6.91. The highest BCUT2D eigenvalue weighted by Gasteiger charge is 2.56. The summed E-state index contributed by atoms with van der Waals surface area (Å²) in [6.07, 6.45) is 4.34. The Balaban J connectivity index is 1.19. The van der Waals surface area contributed by atoms with Crippen molar-refractivity contribution < 1.29 is 9.53 Å². The summed E-state index contributed by atoms with van der Waals surface area (Å²) in [6.45, 7) is 9.21. The van der Waals surface area contributed by atoms with Crippen LogP contribution in [0.25, 0.3) is 5.52 Å². The van der Waals surface area contributed by atoms with Crippen LogP contribution < -0.4 is 5.32 Å². The van der Waals surface area contributed by atoms with E-state index in [1.807, 2.05) is 28.8 Å². The Morgan fingerprint density at radius 3 is 2.71 bits per heavy atom. The largest absolute Gasteiger partial charge is 0.381 e. The third-order valence-electron chi connectivity index (χ3n) is 6.91. The quantitative estimate of drug-likeness (QED) is 0.863. The van der Waals surface area contributed by atoms with E-state index in [-0.39, 0.29) is 11.8 Å². The average molecular weight is 383 g/mol. The molecule has 3 atom stereocenters. The molecule has 3 fully saturated rings. The van der Waals surface area contributed by atoms with Crippen molar-refractivity contribution in [1.29, 1.82) is 0 Å². The molecule has 4 heterocycles. The summed E-state index contributed by atoms with van der Waals surface area (Å²) in [6, 6.07) is 6.64. The Kier molecular flexibility index (Phi) is 4.63. The molecule has 0 spiro atoms.